The molecule has 0 bridgehead atoms. The van der Waals surface area contributed by atoms with Crippen molar-refractivity contribution < 1.29 is 0 Å². The van der Waals surface area contributed by atoms with E-state index in [2.05, 4.69) is 18.2 Å². The molecule has 1 N–H and O–H groups in total. The molecule has 0 heterocycles. The van der Waals surface area contributed by atoms with Gasteiger partial charge in [-0.15, -0.1) is 12.3 Å². The largest absolute Gasteiger partial charge is 0.320 e. The predicted molar refractivity (Wildman–Crippen MR) is 50.4 cm³/mol. The smallest absolute Gasteiger partial charge is 0.0114 e. The summed E-state index contributed by atoms with van der Waals surface area (Å²) in [5.74, 6) is 3.47. The topological polar surface area (TPSA) is 12.0 Å². The van der Waals surface area contributed by atoms with E-state index >= 15 is 0 Å². The number of terminal acetylenes is 1. The van der Waals surface area contributed by atoms with Gasteiger partial charge in [0.1, 0.15) is 0 Å². The van der Waals surface area contributed by atoms with Gasteiger partial charge in [0.25, 0.3) is 0 Å². The Hall–Kier alpha value is -0.480. The molecule has 0 aromatic heterocycles. The van der Waals surface area contributed by atoms with Gasteiger partial charge in [-0.1, -0.05) is 13.3 Å². The fourth-order valence-electron chi connectivity index (χ4n) is 1.18. The lowest BCUT2D eigenvalue weighted by Gasteiger charge is -2.10. The molecular formula is C10H19N. The minimum Gasteiger partial charge on any atom is -0.320 e. The summed E-state index contributed by atoms with van der Waals surface area (Å²) < 4.78 is 0. The summed E-state index contributed by atoms with van der Waals surface area (Å²) in [6.07, 6.45) is 9.92. The maximum absolute atomic E-state index is 5.24. The highest BCUT2D eigenvalue weighted by atomic mass is 14.8. The second-order valence-electron chi connectivity index (χ2n) is 2.93. The normalized spacial score (nSPS) is 12.5. The third-order valence-corrected chi connectivity index (χ3v) is 2.02. The minimum absolute atomic E-state index is 0.744. The van der Waals surface area contributed by atoms with Crippen LogP contribution in [0.4, 0.5) is 0 Å². The zero-order valence-electron chi connectivity index (χ0n) is 7.69. The average molecular weight is 153 g/mol. The molecule has 0 spiro atoms. The summed E-state index contributed by atoms with van der Waals surface area (Å²) in [4.78, 5) is 0. The maximum atomic E-state index is 5.24. The third-order valence-electron chi connectivity index (χ3n) is 2.02. The van der Waals surface area contributed by atoms with Crippen molar-refractivity contribution in [1.29, 1.82) is 0 Å². The third kappa shape index (κ3) is 5.94. The first-order chi connectivity index (χ1) is 5.35. The standard InChI is InChI=1S/C10H19N/c1-4-7-10(5-2)8-6-9-11-3/h1,10-11H,5-9H2,2-3H3/t10-/m0/s1. The van der Waals surface area contributed by atoms with E-state index in [1.54, 1.807) is 0 Å². The van der Waals surface area contributed by atoms with Gasteiger partial charge >= 0.3 is 0 Å². The van der Waals surface area contributed by atoms with Crippen LogP contribution in [0.5, 0.6) is 0 Å². The Morgan fingerprint density at radius 3 is 2.73 bits per heavy atom. The average Bonchev–Trinajstić information content (AvgIpc) is 2.03. The van der Waals surface area contributed by atoms with Crippen LogP contribution < -0.4 is 5.32 Å². The van der Waals surface area contributed by atoms with Crippen LogP contribution in [0.1, 0.15) is 32.6 Å². The van der Waals surface area contributed by atoms with Gasteiger partial charge in [0, 0.05) is 6.42 Å². The van der Waals surface area contributed by atoms with Crippen molar-refractivity contribution in [2.24, 2.45) is 5.92 Å². The van der Waals surface area contributed by atoms with Crippen LogP contribution in [0.25, 0.3) is 0 Å². The molecule has 0 saturated carbocycles. The number of rotatable bonds is 6. The van der Waals surface area contributed by atoms with E-state index in [4.69, 9.17) is 6.42 Å². The van der Waals surface area contributed by atoms with Crippen molar-refractivity contribution in [2.75, 3.05) is 13.6 Å². The predicted octanol–water partition coefficient (Wildman–Crippen LogP) is 2.04. The van der Waals surface area contributed by atoms with Crippen molar-refractivity contribution >= 4 is 0 Å². The van der Waals surface area contributed by atoms with E-state index in [0.717, 1.165) is 18.9 Å². The molecule has 0 aromatic carbocycles. The zero-order valence-corrected chi connectivity index (χ0v) is 7.69. The summed E-state index contributed by atoms with van der Waals surface area (Å²) in [7, 11) is 1.99. The summed E-state index contributed by atoms with van der Waals surface area (Å²) >= 11 is 0. The van der Waals surface area contributed by atoms with Crippen molar-refractivity contribution in [3.05, 3.63) is 0 Å². The molecule has 0 rings (SSSR count). The van der Waals surface area contributed by atoms with Gasteiger partial charge in [0.15, 0.2) is 0 Å². The van der Waals surface area contributed by atoms with Crippen molar-refractivity contribution in [1.82, 2.24) is 5.32 Å². The molecule has 0 aliphatic carbocycles. The van der Waals surface area contributed by atoms with Crippen LogP contribution in [0.3, 0.4) is 0 Å². The fourth-order valence-corrected chi connectivity index (χ4v) is 1.18. The summed E-state index contributed by atoms with van der Waals surface area (Å²) in [5, 5.41) is 3.14. The Morgan fingerprint density at radius 1 is 1.55 bits per heavy atom. The van der Waals surface area contributed by atoms with Crippen LogP contribution in [0.15, 0.2) is 0 Å². The van der Waals surface area contributed by atoms with Gasteiger partial charge in [-0.3, -0.25) is 0 Å². The van der Waals surface area contributed by atoms with E-state index in [-0.39, 0.29) is 0 Å². The number of nitrogens with one attached hydrogen (secondary N) is 1. The van der Waals surface area contributed by atoms with Gasteiger partial charge in [-0.05, 0) is 32.4 Å². The Morgan fingerprint density at radius 2 is 2.27 bits per heavy atom. The molecule has 0 aromatic rings. The van der Waals surface area contributed by atoms with Crippen LogP contribution in [-0.4, -0.2) is 13.6 Å². The lowest BCUT2D eigenvalue weighted by atomic mass is 9.97. The Labute approximate surface area is 70.6 Å². The second-order valence-corrected chi connectivity index (χ2v) is 2.93. The SMILES string of the molecule is C#CC[C@H](CC)CCCNC. The van der Waals surface area contributed by atoms with E-state index in [1.807, 2.05) is 7.05 Å². The van der Waals surface area contributed by atoms with Crippen LogP contribution in [0.2, 0.25) is 0 Å². The molecule has 1 atom stereocenters. The molecule has 64 valence electrons. The van der Waals surface area contributed by atoms with Crippen LogP contribution in [0, 0.1) is 18.3 Å². The maximum Gasteiger partial charge on any atom is 0.0114 e. The lowest BCUT2D eigenvalue weighted by molar-refractivity contribution is 0.460. The second kappa shape index (κ2) is 7.63. The van der Waals surface area contributed by atoms with E-state index in [1.165, 1.54) is 19.3 Å². The monoisotopic (exact) mass is 153 g/mol. The summed E-state index contributed by atoms with van der Waals surface area (Å²) in [5.41, 5.74) is 0. The van der Waals surface area contributed by atoms with Gasteiger partial charge in [0.2, 0.25) is 0 Å². The Balaban J connectivity index is 3.30. The first-order valence-electron chi connectivity index (χ1n) is 4.43. The van der Waals surface area contributed by atoms with Crippen LogP contribution in [-0.2, 0) is 0 Å². The zero-order chi connectivity index (χ0) is 8.53. The molecule has 0 amide bonds. The number of hydrogen-bond donors (Lipinski definition) is 1. The summed E-state index contributed by atoms with van der Waals surface area (Å²) in [6, 6.07) is 0. The van der Waals surface area contributed by atoms with Gasteiger partial charge < -0.3 is 5.32 Å². The van der Waals surface area contributed by atoms with Crippen molar-refractivity contribution in [3.63, 3.8) is 0 Å². The highest BCUT2D eigenvalue weighted by Gasteiger charge is 2.02. The van der Waals surface area contributed by atoms with Gasteiger partial charge in [-0.2, -0.15) is 0 Å². The highest BCUT2D eigenvalue weighted by molar-refractivity contribution is 4.86. The molecule has 0 aliphatic heterocycles. The molecule has 0 saturated heterocycles. The summed E-state index contributed by atoms with van der Waals surface area (Å²) in [6.45, 7) is 3.32. The molecule has 1 heteroatoms. The van der Waals surface area contributed by atoms with E-state index in [9.17, 15) is 0 Å². The molecule has 0 aliphatic rings. The molecule has 1 nitrogen and oxygen atoms in total. The lowest BCUT2D eigenvalue weighted by Crippen LogP contribution is -2.09. The van der Waals surface area contributed by atoms with E-state index in [0.29, 0.717) is 0 Å². The molecular weight excluding hydrogens is 134 g/mol. The van der Waals surface area contributed by atoms with Crippen molar-refractivity contribution in [2.45, 2.75) is 32.6 Å². The molecule has 11 heavy (non-hydrogen) atoms. The van der Waals surface area contributed by atoms with Crippen LogP contribution >= 0.6 is 0 Å². The molecule has 0 fully saturated rings. The Kier molecular flexibility index (Phi) is 7.29. The first-order valence-corrected chi connectivity index (χ1v) is 4.43. The van der Waals surface area contributed by atoms with Crippen molar-refractivity contribution in [3.8, 4) is 12.3 Å². The fraction of sp³-hybridized carbons (Fsp3) is 0.800. The minimum atomic E-state index is 0.744. The first kappa shape index (κ1) is 10.5. The number of hydrogen-bond acceptors (Lipinski definition) is 1. The molecule has 0 radical (unpaired) electrons. The van der Waals surface area contributed by atoms with Gasteiger partial charge in [0.05, 0.1) is 0 Å². The van der Waals surface area contributed by atoms with Gasteiger partial charge in [-0.25, -0.2) is 0 Å². The quantitative estimate of drug-likeness (QED) is 0.455. The molecule has 0 unspecified atom stereocenters. The highest BCUT2D eigenvalue weighted by Crippen LogP contribution is 2.13. The Bertz CT molecular complexity index is 113. The van der Waals surface area contributed by atoms with E-state index < -0.39 is 0 Å².